The first-order valence-corrected chi connectivity index (χ1v) is 16.0. The van der Waals surface area contributed by atoms with Gasteiger partial charge >= 0.3 is 6.09 Å². The minimum Gasteiger partial charge on any atom is -0.490 e. The van der Waals surface area contributed by atoms with Gasteiger partial charge in [-0.05, 0) is 78.4 Å². The number of nitrogens with zero attached hydrogens (tertiary/aromatic N) is 3. The van der Waals surface area contributed by atoms with E-state index in [9.17, 15) is 24.0 Å². The van der Waals surface area contributed by atoms with Crippen molar-refractivity contribution in [3.8, 4) is 5.75 Å². The summed E-state index contributed by atoms with van der Waals surface area (Å²) in [5, 5.41) is 2.24. The number of likely N-dealkylation sites (tertiary alicyclic amines) is 1. The van der Waals surface area contributed by atoms with E-state index in [4.69, 9.17) is 9.47 Å². The number of fused-ring (bicyclic) bond motifs is 1. The van der Waals surface area contributed by atoms with E-state index in [1.807, 2.05) is 32.6 Å². The molecule has 5 amide bonds. The van der Waals surface area contributed by atoms with Gasteiger partial charge < -0.3 is 14.4 Å². The van der Waals surface area contributed by atoms with Crippen LogP contribution in [0.4, 0.5) is 4.79 Å². The molecule has 0 spiro atoms. The van der Waals surface area contributed by atoms with Gasteiger partial charge in [-0.1, -0.05) is 6.92 Å². The first kappa shape index (κ1) is 31.9. The highest BCUT2D eigenvalue weighted by Crippen LogP contribution is 2.38. The Morgan fingerprint density at radius 1 is 1.05 bits per heavy atom. The quantitative estimate of drug-likeness (QED) is 0.439. The third kappa shape index (κ3) is 6.48. The third-order valence-electron chi connectivity index (χ3n) is 9.26. The van der Waals surface area contributed by atoms with Crippen LogP contribution in [-0.4, -0.2) is 93.9 Å². The molecule has 1 saturated carbocycles. The number of nitrogens with one attached hydrogen (secondary N) is 1. The van der Waals surface area contributed by atoms with Crippen molar-refractivity contribution in [3.63, 3.8) is 0 Å². The number of amides is 5. The molecule has 2 saturated heterocycles. The molecule has 240 valence electrons. The fourth-order valence-corrected chi connectivity index (χ4v) is 6.86. The Balaban J connectivity index is 1.18. The third-order valence-corrected chi connectivity index (χ3v) is 9.26. The molecule has 1 N–H and O–H groups in total. The Morgan fingerprint density at radius 3 is 2.32 bits per heavy atom. The first-order valence-electron chi connectivity index (χ1n) is 16.0. The summed E-state index contributed by atoms with van der Waals surface area (Å²) in [6, 6.07) is 3.15. The Bertz CT molecular complexity index is 1320. The van der Waals surface area contributed by atoms with Crippen molar-refractivity contribution in [1.29, 1.82) is 0 Å². The molecule has 3 aliphatic heterocycles. The van der Waals surface area contributed by atoms with Crippen molar-refractivity contribution in [2.75, 3.05) is 19.6 Å². The number of hydrogen-bond acceptors (Lipinski definition) is 8. The molecule has 1 unspecified atom stereocenters. The lowest BCUT2D eigenvalue weighted by Gasteiger charge is -2.46. The van der Waals surface area contributed by atoms with Gasteiger partial charge in [0.2, 0.25) is 11.8 Å². The van der Waals surface area contributed by atoms with E-state index in [0.29, 0.717) is 54.4 Å². The average molecular weight is 611 g/mol. The van der Waals surface area contributed by atoms with Gasteiger partial charge in [0.25, 0.3) is 11.8 Å². The zero-order valence-corrected chi connectivity index (χ0v) is 26.8. The van der Waals surface area contributed by atoms with E-state index in [0.717, 1.165) is 37.1 Å². The standard InChI is InChI=1S/C33H46N4O7/c1-7-23-26(10-8-24-28(23)31(41)37(30(24)40)25-9-11-27(38)34-29(25)39)43-22-16-21(17-22)36(19(2)3)18-20-12-14-35(15-13-20)32(42)44-33(4,5)6/h8,10,19-22,25H,7,9,11-18H2,1-6H3,(H,34,38,39). The van der Waals surface area contributed by atoms with Crippen molar-refractivity contribution >= 4 is 29.7 Å². The van der Waals surface area contributed by atoms with E-state index >= 15 is 0 Å². The topological polar surface area (TPSA) is 126 Å². The normalized spacial score (nSPS) is 24.5. The summed E-state index contributed by atoms with van der Waals surface area (Å²) in [7, 11) is 0. The lowest BCUT2D eigenvalue weighted by Crippen LogP contribution is -2.54. The molecule has 1 aromatic rings. The largest absolute Gasteiger partial charge is 0.490 e. The number of imide groups is 2. The SMILES string of the molecule is CCc1c(OC2CC(N(CC3CCN(C(=O)OC(C)(C)C)CC3)C(C)C)C2)ccc2c1C(=O)N(C1CCC(=O)NC1=O)C2=O. The van der Waals surface area contributed by atoms with Crippen LogP contribution in [0.3, 0.4) is 0 Å². The van der Waals surface area contributed by atoms with E-state index in [1.165, 1.54) is 0 Å². The predicted octanol–water partition coefficient (Wildman–Crippen LogP) is 3.92. The first-order chi connectivity index (χ1) is 20.8. The second-order valence-corrected chi connectivity index (χ2v) is 13.8. The average Bonchev–Trinajstić information content (AvgIpc) is 3.18. The Kier molecular flexibility index (Phi) is 9.07. The highest BCUT2D eigenvalue weighted by atomic mass is 16.6. The molecule has 11 heteroatoms. The lowest BCUT2D eigenvalue weighted by molar-refractivity contribution is -0.136. The summed E-state index contributed by atoms with van der Waals surface area (Å²) < 4.78 is 12.0. The van der Waals surface area contributed by atoms with Crippen LogP contribution in [0.2, 0.25) is 0 Å². The lowest BCUT2D eigenvalue weighted by atomic mass is 9.85. The highest BCUT2D eigenvalue weighted by molar-refractivity contribution is 6.24. The maximum absolute atomic E-state index is 13.5. The van der Waals surface area contributed by atoms with E-state index in [1.54, 1.807) is 12.1 Å². The maximum atomic E-state index is 13.5. The summed E-state index contributed by atoms with van der Waals surface area (Å²) in [5.74, 6) is -0.909. The fraction of sp³-hybridized carbons (Fsp3) is 0.667. The van der Waals surface area contributed by atoms with Crippen LogP contribution in [0.5, 0.6) is 5.75 Å². The second kappa shape index (κ2) is 12.5. The van der Waals surface area contributed by atoms with Crippen molar-refractivity contribution in [1.82, 2.24) is 20.0 Å². The molecular weight excluding hydrogens is 564 g/mol. The van der Waals surface area contributed by atoms with Gasteiger partial charge in [-0.25, -0.2) is 4.79 Å². The molecule has 5 rings (SSSR count). The smallest absolute Gasteiger partial charge is 0.410 e. The summed E-state index contributed by atoms with van der Waals surface area (Å²) in [6.45, 7) is 14.4. The molecule has 1 aliphatic carbocycles. The minimum absolute atomic E-state index is 0.00272. The fourth-order valence-electron chi connectivity index (χ4n) is 6.86. The predicted molar refractivity (Wildman–Crippen MR) is 162 cm³/mol. The van der Waals surface area contributed by atoms with Crippen LogP contribution in [0.25, 0.3) is 0 Å². The van der Waals surface area contributed by atoms with Crippen molar-refractivity contribution in [2.45, 2.75) is 116 Å². The van der Waals surface area contributed by atoms with Crippen LogP contribution < -0.4 is 10.1 Å². The molecule has 3 heterocycles. The Hall–Kier alpha value is -3.47. The molecule has 4 aliphatic rings. The van der Waals surface area contributed by atoms with E-state index in [-0.39, 0.29) is 30.6 Å². The molecular formula is C33H46N4O7. The molecule has 0 radical (unpaired) electrons. The maximum Gasteiger partial charge on any atom is 0.410 e. The van der Waals surface area contributed by atoms with Gasteiger partial charge in [0.05, 0.1) is 11.1 Å². The summed E-state index contributed by atoms with van der Waals surface area (Å²) in [4.78, 5) is 68.7. The number of ether oxygens (including phenoxy) is 2. The van der Waals surface area contributed by atoms with Gasteiger partial charge in [-0.15, -0.1) is 0 Å². The van der Waals surface area contributed by atoms with Gasteiger partial charge in [0.1, 0.15) is 23.5 Å². The molecule has 1 atom stereocenters. The molecule has 0 aromatic heterocycles. The van der Waals surface area contributed by atoms with Gasteiger partial charge in [0, 0.05) is 56.5 Å². The number of hydrogen-bond donors (Lipinski definition) is 1. The number of carbonyl (C=O) groups is 5. The number of carbonyl (C=O) groups excluding carboxylic acids is 5. The highest BCUT2D eigenvalue weighted by Gasteiger charge is 2.46. The van der Waals surface area contributed by atoms with Crippen molar-refractivity contribution in [2.24, 2.45) is 5.92 Å². The van der Waals surface area contributed by atoms with Crippen LogP contribution in [0, 0.1) is 5.92 Å². The molecule has 0 bridgehead atoms. The van der Waals surface area contributed by atoms with Gasteiger partial charge in [0.15, 0.2) is 0 Å². The van der Waals surface area contributed by atoms with E-state index < -0.39 is 35.3 Å². The Morgan fingerprint density at radius 2 is 1.73 bits per heavy atom. The van der Waals surface area contributed by atoms with Crippen LogP contribution in [-0.2, 0) is 20.7 Å². The van der Waals surface area contributed by atoms with Gasteiger partial charge in [-0.3, -0.25) is 34.3 Å². The molecule has 1 aromatic carbocycles. The van der Waals surface area contributed by atoms with Crippen LogP contribution >= 0.6 is 0 Å². The summed E-state index contributed by atoms with van der Waals surface area (Å²) in [6.07, 6.45) is 4.10. The summed E-state index contributed by atoms with van der Waals surface area (Å²) >= 11 is 0. The number of rotatable bonds is 8. The van der Waals surface area contributed by atoms with Gasteiger partial charge in [-0.2, -0.15) is 0 Å². The summed E-state index contributed by atoms with van der Waals surface area (Å²) in [5.41, 5.74) is 0.763. The molecule has 3 fully saturated rings. The molecule has 11 nitrogen and oxygen atoms in total. The van der Waals surface area contributed by atoms with E-state index in [2.05, 4.69) is 24.1 Å². The van der Waals surface area contributed by atoms with Crippen LogP contribution in [0.15, 0.2) is 12.1 Å². The number of piperidine rings is 2. The zero-order valence-electron chi connectivity index (χ0n) is 26.8. The zero-order chi connectivity index (χ0) is 31.9. The minimum atomic E-state index is -0.992. The van der Waals surface area contributed by atoms with Crippen molar-refractivity contribution < 1.29 is 33.4 Å². The van der Waals surface area contributed by atoms with Crippen molar-refractivity contribution in [3.05, 3.63) is 28.8 Å². The van der Waals surface area contributed by atoms with Crippen LogP contribution in [0.1, 0.15) is 106 Å². The molecule has 44 heavy (non-hydrogen) atoms. The monoisotopic (exact) mass is 610 g/mol. The Labute approximate surface area is 259 Å². The second-order valence-electron chi connectivity index (χ2n) is 13.8. The number of benzene rings is 1.